The molecule has 0 N–H and O–H groups in total. The molecule has 0 aromatic heterocycles. The Morgan fingerprint density at radius 3 is 2.42 bits per heavy atom. The third-order valence-corrected chi connectivity index (χ3v) is 6.06. The number of amides is 1. The minimum atomic E-state index is -0.291. The Morgan fingerprint density at radius 1 is 1.03 bits per heavy atom. The second-order valence-electron chi connectivity index (χ2n) is 8.96. The first-order chi connectivity index (χ1) is 14.8. The third kappa shape index (κ3) is 3.97. The summed E-state index contributed by atoms with van der Waals surface area (Å²) in [6.07, 6.45) is 1.38. The molecule has 0 radical (unpaired) electrons. The van der Waals surface area contributed by atoms with Crippen LogP contribution < -0.4 is 14.4 Å². The van der Waals surface area contributed by atoms with E-state index in [4.69, 9.17) is 9.47 Å². The normalized spacial score (nSPS) is 20.5. The summed E-state index contributed by atoms with van der Waals surface area (Å²) in [6, 6.07) is 15.2. The molecule has 0 fully saturated rings. The molecule has 1 amide bonds. The fourth-order valence-electron chi connectivity index (χ4n) is 4.79. The highest BCUT2D eigenvalue weighted by Crippen LogP contribution is 2.49. The zero-order valence-electron chi connectivity index (χ0n) is 18.6. The van der Waals surface area contributed by atoms with E-state index < -0.39 is 0 Å². The summed E-state index contributed by atoms with van der Waals surface area (Å²) in [7, 11) is 1.62. The zero-order valence-corrected chi connectivity index (χ0v) is 18.6. The minimum Gasteiger partial charge on any atom is -0.496 e. The highest BCUT2D eigenvalue weighted by Gasteiger charge is 2.44. The van der Waals surface area contributed by atoms with Crippen LogP contribution in [0, 0.1) is 5.41 Å². The molecule has 1 heterocycles. The number of hydrogen-bond donors (Lipinski definition) is 0. The summed E-state index contributed by atoms with van der Waals surface area (Å²) in [4.78, 5) is 28.6. The van der Waals surface area contributed by atoms with Gasteiger partial charge in [0, 0.05) is 41.3 Å². The number of ether oxygens (including phenoxy) is 2. The van der Waals surface area contributed by atoms with Gasteiger partial charge < -0.3 is 9.47 Å². The largest absolute Gasteiger partial charge is 0.496 e. The number of methoxy groups -OCH3 is 1. The fraction of sp³-hybridized carbons (Fsp3) is 0.385. The summed E-state index contributed by atoms with van der Waals surface area (Å²) >= 11 is 0. The summed E-state index contributed by atoms with van der Waals surface area (Å²) in [5.74, 6) is 1.28. The predicted octanol–water partition coefficient (Wildman–Crippen LogP) is 5.26. The summed E-state index contributed by atoms with van der Waals surface area (Å²) in [6.45, 7) is 6.69. The van der Waals surface area contributed by atoms with Gasteiger partial charge in [0.2, 0.25) is 5.91 Å². The Hall–Kier alpha value is -3.08. The van der Waals surface area contributed by atoms with Crippen LogP contribution in [0.25, 0.3) is 0 Å². The predicted molar refractivity (Wildman–Crippen MR) is 120 cm³/mol. The van der Waals surface area contributed by atoms with E-state index in [1.54, 1.807) is 12.0 Å². The molecule has 1 aliphatic heterocycles. The highest BCUT2D eigenvalue weighted by molar-refractivity contribution is 6.08. The van der Waals surface area contributed by atoms with Gasteiger partial charge in [0.05, 0.1) is 13.7 Å². The molecular weight excluding hydrogens is 390 g/mol. The van der Waals surface area contributed by atoms with Gasteiger partial charge in [-0.3, -0.25) is 14.5 Å². The fourth-order valence-corrected chi connectivity index (χ4v) is 4.79. The molecule has 5 heteroatoms. The van der Waals surface area contributed by atoms with Gasteiger partial charge in [0.1, 0.15) is 11.5 Å². The molecule has 2 aliphatic rings. The van der Waals surface area contributed by atoms with E-state index in [0.29, 0.717) is 25.2 Å². The van der Waals surface area contributed by atoms with Gasteiger partial charge in [-0.15, -0.1) is 0 Å². The van der Waals surface area contributed by atoms with Crippen molar-refractivity contribution in [2.75, 3.05) is 18.6 Å². The maximum atomic E-state index is 13.5. The standard InChI is InChI=1S/C26H29NO4/c1-5-31-18-12-10-17(11-13-18)27-21-15-26(2,3)16-22(28)25(21)20(14-24(27)29)19-8-6-7-9-23(19)30-4/h6-13,20H,5,14-16H2,1-4H3. The number of carbonyl (C=O) groups is 2. The van der Waals surface area contributed by atoms with Crippen molar-refractivity contribution in [3.63, 3.8) is 0 Å². The number of hydrogen-bond acceptors (Lipinski definition) is 4. The lowest BCUT2D eigenvalue weighted by atomic mass is 9.69. The molecule has 162 valence electrons. The van der Waals surface area contributed by atoms with Crippen LogP contribution in [0.4, 0.5) is 5.69 Å². The van der Waals surface area contributed by atoms with Crippen LogP contribution in [0.3, 0.4) is 0 Å². The number of allylic oxidation sites excluding steroid dienone is 2. The summed E-state index contributed by atoms with van der Waals surface area (Å²) < 4.78 is 11.1. The van der Waals surface area contributed by atoms with E-state index in [0.717, 1.165) is 28.3 Å². The molecule has 5 nitrogen and oxygen atoms in total. The molecule has 0 saturated heterocycles. The Labute approximate surface area is 183 Å². The van der Waals surface area contributed by atoms with E-state index >= 15 is 0 Å². The second kappa shape index (κ2) is 8.22. The maximum Gasteiger partial charge on any atom is 0.232 e. The molecule has 1 aliphatic carbocycles. The zero-order chi connectivity index (χ0) is 22.2. The van der Waals surface area contributed by atoms with Gasteiger partial charge in [-0.1, -0.05) is 32.0 Å². The number of Topliss-reactive ketones (excluding diaryl/α,β-unsaturated/α-hetero) is 1. The van der Waals surface area contributed by atoms with Crippen LogP contribution in [0.1, 0.15) is 51.5 Å². The average Bonchev–Trinajstić information content (AvgIpc) is 2.73. The molecule has 2 aromatic rings. The minimum absolute atomic E-state index is 0.00989. The van der Waals surface area contributed by atoms with Crippen LogP contribution in [0.15, 0.2) is 59.8 Å². The first-order valence-electron chi connectivity index (χ1n) is 10.8. The first-order valence-corrected chi connectivity index (χ1v) is 10.8. The van der Waals surface area contributed by atoms with Gasteiger partial charge in [-0.25, -0.2) is 0 Å². The lowest BCUT2D eigenvalue weighted by Crippen LogP contribution is -2.43. The van der Waals surface area contributed by atoms with Gasteiger partial charge >= 0.3 is 0 Å². The average molecular weight is 420 g/mol. The summed E-state index contributed by atoms with van der Waals surface area (Å²) in [5, 5.41) is 0. The Balaban J connectivity index is 1.85. The third-order valence-electron chi connectivity index (χ3n) is 6.06. The van der Waals surface area contributed by atoms with E-state index in [-0.39, 0.29) is 29.4 Å². The van der Waals surface area contributed by atoms with Gasteiger partial charge in [0.15, 0.2) is 5.78 Å². The van der Waals surface area contributed by atoms with Gasteiger partial charge in [0.25, 0.3) is 0 Å². The highest BCUT2D eigenvalue weighted by atomic mass is 16.5. The van der Waals surface area contributed by atoms with Crippen molar-refractivity contribution < 1.29 is 19.1 Å². The van der Waals surface area contributed by atoms with Crippen molar-refractivity contribution in [2.24, 2.45) is 5.41 Å². The monoisotopic (exact) mass is 419 g/mol. The lowest BCUT2D eigenvalue weighted by molar-refractivity contribution is -0.121. The molecule has 0 saturated carbocycles. The quantitative estimate of drug-likeness (QED) is 0.664. The second-order valence-corrected chi connectivity index (χ2v) is 8.96. The number of carbonyl (C=O) groups excluding carboxylic acids is 2. The smallest absolute Gasteiger partial charge is 0.232 e. The Bertz CT molecular complexity index is 1040. The topological polar surface area (TPSA) is 55.8 Å². The van der Waals surface area contributed by atoms with Crippen molar-refractivity contribution in [3.05, 3.63) is 65.4 Å². The van der Waals surface area contributed by atoms with E-state index in [1.165, 1.54) is 0 Å². The van der Waals surface area contributed by atoms with E-state index in [1.807, 2.05) is 55.5 Å². The lowest BCUT2D eigenvalue weighted by Gasteiger charge is -2.43. The number of rotatable bonds is 5. The molecule has 4 rings (SSSR count). The number of nitrogens with zero attached hydrogens (tertiary/aromatic N) is 1. The van der Waals surface area contributed by atoms with E-state index in [2.05, 4.69) is 13.8 Å². The molecule has 0 bridgehead atoms. The van der Waals surface area contributed by atoms with Crippen molar-refractivity contribution in [1.29, 1.82) is 0 Å². The van der Waals surface area contributed by atoms with Gasteiger partial charge in [-0.05, 0) is 49.1 Å². The molecule has 31 heavy (non-hydrogen) atoms. The summed E-state index contributed by atoms with van der Waals surface area (Å²) in [5.41, 5.74) is 3.02. The van der Waals surface area contributed by atoms with Crippen LogP contribution in [-0.4, -0.2) is 25.4 Å². The number of benzene rings is 2. The SMILES string of the molecule is CCOc1ccc(N2C(=O)CC(c3ccccc3OC)C3=C2CC(C)(C)CC3=O)cc1. The Kier molecular flexibility index (Phi) is 5.61. The van der Waals surface area contributed by atoms with Crippen LogP contribution in [0.5, 0.6) is 11.5 Å². The molecule has 2 aromatic carbocycles. The maximum absolute atomic E-state index is 13.5. The van der Waals surface area contributed by atoms with E-state index in [9.17, 15) is 9.59 Å². The molecule has 0 spiro atoms. The molecule has 1 atom stereocenters. The Morgan fingerprint density at radius 2 is 1.74 bits per heavy atom. The molecular formula is C26H29NO4. The van der Waals surface area contributed by atoms with Crippen molar-refractivity contribution in [1.82, 2.24) is 0 Å². The van der Waals surface area contributed by atoms with Crippen molar-refractivity contribution in [3.8, 4) is 11.5 Å². The van der Waals surface area contributed by atoms with Crippen LogP contribution in [-0.2, 0) is 9.59 Å². The molecule has 1 unspecified atom stereocenters. The van der Waals surface area contributed by atoms with Crippen LogP contribution >= 0.6 is 0 Å². The van der Waals surface area contributed by atoms with Crippen LogP contribution in [0.2, 0.25) is 0 Å². The number of ketones is 1. The number of para-hydroxylation sites is 1. The number of anilines is 1. The van der Waals surface area contributed by atoms with Crippen molar-refractivity contribution in [2.45, 2.75) is 46.0 Å². The first kappa shape index (κ1) is 21.2. The van der Waals surface area contributed by atoms with Gasteiger partial charge in [-0.2, -0.15) is 0 Å². The van der Waals surface area contributed by atoms with Crippen molar-refractivity contribution >= 4 is 17.4 Å².